The molecule has 0 bridgehead atoms. The van der Waals surface area contributed by atoms with Crippen LogP contribution in [0.25, 0.3) is 11.4 Å². The Bertz CT molecular complexity index is 763. The van der Waals surface area contributed by atoms with Crippen molar-refractivity contribution in [3.05, 3.63) is 24.5 Å². The number of thioether (sulfide) groups is 1. The van der Waals surface area contributed by atoms with Crippen LogP contribution in [0, 0.1) is 11.8 Å². The van der Waals surface area contributed by atoms with Crippen LogP contribution in [0.3, 0.4) is 0 Å². The van der Waals surface area contributed by atoms with Gasteiger partial charge >= 0.3 is 0 Å². The summed E-state index contributed by atoms with van der Waals surface area (Å²) in [5.41, 5.74) is 1.02. The van der Waals surface area contributed by atoms with Crippen LogP contribution in [0.1, 0.15) is 39.2 Å². The van der Waals surface area contributed by atoms with Crippen LogP contribution in [0.15, 0.2) is 29.7 Å². The van der Waals surface area contributed by atoms with Gasteiger partial charge in [-0.25, -0.2) is 0 Å². The third-order valence-electron chi connectivity index (χ3n) is 5.06. The second-order valence-electron chi connectivity index (χ2n) is 7.68. The SMILES string of the molecule is C[C@H]1C[C@H](C)CN(C(=O)CSc2nnc(-c3ccncc3)n2C2CC2)C1. The summed E-state index contributed by atoms with van der Waals surface area (Å²) in [5, 5.41) is 9.64. The van der Waals surface area contributed by atoms with Crippen molar-refractivity contribution in [2.24, 2.45) is 11.8 Å². The van der Waals surface area contributed by atoms with Gasteiger partial charge in [0.05, 0.1) is 5.75 Å². The minimum atomic E-state index is 0.212. The number of pyridine rings is 1. The summed E-state index contributed by atoms with van der Waals surface area (Å²) in [6.07, 6.45) is 7.06. The zero-order valence-corrected chi connectivity index (χ0v) is 16.2. The number of aromatic nitrogens is 4. The number of likely N-dealkylation sites (tertiary alicyclic amines) is 1. The molecule has 7 heteroatoms. The first-order chi connectivity index (χ1) is 12.6. The van der Waals surface area contributed by atoms with Gasteiger partial charge in [0.1, 0.15) is 0 Å². The number of nitrogens with zero attached hydrogens (tertiary/aromatic N) is 5. The van der Waals surface area contributed by atoms with Crippen LogP contribution >= 0.6 is 11.8 Å². The van der Waals surface area contributed by atoms with Gasteiger partial charge < -0.3 is 4.90 Å². The summed E-state index contributed by atoms with van der Waals surface area (Å²) < 4.78 is 2.20. The van der Waals surface area contributed by atoms with Crippen molar-refractivity contribution in [3.8, 4) is 11.4 Å². The van der Waals surface area contributed by atoms with Crippen molar-refractivity contribution in [1.82, 2.24) is 24.6 Å². The maximum atomic E-state index is 12.7. The molecule has 2 fully saturated rings. The van der Waals surface area contributed by atoms with Gasteiger partial charge in [-0.15, -0.1) is 10.2 Å². The standard InChI is InChI=1S/C19H25N5OS/c1-13-9-14(2)11-23(10-13)17(25)12-26-19-22-21-18(24(19)16-3-4-16)15-5-7-20-8-6-15/h5-8,13-14,16H,3-4,9-12H2,1-2H3/t13-,14-/m0/s1. The van der Waals surface area contributed by atoms with Crippen molar-refractivity contribution < 1.29 is 4.79 Å². The van der Waals surface area contributed by atoms with Gasteiger partial charge in [0.25, 0.3) is 0 Å². The molecule has 0 N–H and O–H groups in total. The largest absolute Gasteiger partial charge is 0.341 e. The van der Waals surface area contributed by atoms with E-state index in [0.717, 1.165) is 42.5 Å². The van der Waals surface area contributed by atoms with Gasteiger partial charge in [-0.05, 0) is 43.2 Å². The lowest BCUT2D eigenvalue weighted by Gasteiger charge is -2.35. The Labute approximate surface area is 158 Å². The van der Waals surface area contributed by atoms with E-state index in [2.05, 4.69) is 33.6 Å². The Morgan fingerprint density at radius 2 is 1.85 bits per heavy atom. The molecule has 1 saturated carbocycles. The van der Waals surface area contributed by atoms with Crippen LogP contribution in [0.2, 0.25) is 0 Å². The van der Waals surface area contributed by atoms with Crippen LogP contribution in [-0.4, -0.2) is 49.4 Å². The van der Waals surface area contributed by atoms with E-state index in [0.29, 0.717) is 23.6 Å². The van der Waals surface area contributed by atoms with E-state index in [4.69, 9.17) is 0 Å². The van der Waals surface area contributed by atoms with Gasteiger partial charge in [-0.2, -0.15) is 0 Å². The van der Waals surface area contributed by atoms with E-state index < -0.39 is 0 Å². The van der Waals surface area contributed by atoms with Crippen molar-refractivity contribution >= 4 is 17.7 Å². The highest BCUT2D eigenvalue weighted by atomic mass is 32.2. The molecular formula is C19H25N5OS. The highest BCUT2D eigenvalue weighted by molar-refractivity contribution is 7.99. The maximum absolute atomic E-state index is 12.7. The smallest absolute Gasteiger partial charge is 0.233 e. The molecule has 0 spiro atoms. The number of hydrogen-bond acceptors (Lipinski definition) is 5. The normalized spacial score (nSPS) is 23.2. The number of hydrogen-bond donors (Lipinski definition) is 0. The average molecular weight is 372 g/mol. The number of rotatable bonds is 5. The van der Waals surface area contributed by atoms with E-state index in [9.17, 15) is 4.79 Å². The van der Waals surface area contributed by atoms with E-state index >= 15 is 0 Å². The summed E-state index contributed by atoms with van der Waals surface area (Å²) in [5.74, 6) is 2.69. The third-order valence-corrected chi connectivity index (χ3v) is 5.99. The van der Waals surface area contributed by atoms with Crippen molar-refractivity contribution in [1.29, 1.82) is 0 Å². The summed E-state index contributed by atoms with van der Waals surface area (Å²) in [6, 6.07) is 4.37. The number of piperidine rings is 1. The maximum Gasteiger partial charge on any atom is 0.233 e. The van der Waals surface area contributed by atoms with Gasteiger partial charge in [0.2, 0.25) is 5.91 Å². The molecule has 0 radical (unpaired) electrons. The number of amides is 1. The molecule has 1 saturated heterocycles. The Hall–Kier alpha value is -1.89. The fourth-order valence-corrected chi connectivity index (χ4v) is 4.73. The molecule has 0 aromatic carbocycles. The lowest BCUT2D eigenvalue weighted by molar-refractivity contribution is -0.130. The van der Waals surface area contributed by atoms with Gasteiger partial charge in [-0.1, -0.05) is 25.6 Å². The summed E-state index contributed by atoms with van der Waals surface area (Å²) in [6.45, 7) is 6.21. The zero-order chi connectivity index (χ0) is 18.1. The van der Waals surface area contributed by atoms with Crippen LogP contribution in [-0.2, 0) is 4.79 Å². The minimum absolute atomic E-state index is 0.212. The van der Waals surface area contributed by atoms with Crippen molar-refractivity contribution in [3.63, 3.8) is 0 Å². The highest BCUT2D eigenvalue weighted by Crippen LogP contribution is 2.41. The fraction of sp³-hybridized carbons (Fsp3) is 0.579. The highest BCUT2D eigenvalue weighted by Gasteiger charge is 2.31. The Morgan fingerprint density at radius 3 is 2.50 bits per heavy atom. The number of carbonyl (C=O) groups is 1. The predicted octanol–water partition coefficient (Wildman–Crippen LogP) is 3.27. The Balaban J connectivity index is 1.47. The van der Waals surface area contributed by atoms with E-state index in [-0.39, 0.29) is 5.91 Å². The molecule has 0 unspecified atom stereocenters. The molecule has 1 aliphatic heterocycles. The molecule has 2 aliphatic rings. The monoisotopic (exact) mass is 371 g/mol. The molecule has 138 valence electrons. The van der Waals surface area contributed by atoms with Crippen molar-refractivity contribution in [2.75, 3.05) is 18.8 Å². The quantitative estimate of drug-likeness (QED) is 0.755. The second kappa shape index (κ2) is 7.39. The molecule has 26 heavy (non-hydrogen) atoms. The van der Waals surface area contributed by atoms with Gasteiger partial charge in [0, 0.05) is 37.1 Å². The fourth-order valence-electron chi connectivity index (χ4n) is 3.82. The molecule has 4 rings (SSSR count). The minimum Gasteiger partial charge on any atom is -0.341 e. The molecule has 6 nitrogen and oxygen atoms in total. The van der Waals surface area contributed by atoms with Crippen LogP contribution in [0.4, 0.5) is 0 Å². The Morgan fingerprint density at radius 1 is 1.15 bits per heavy atom. The first kappa shape index (κ1) is 17.5. The Kier molecular flexibility index (Phi) is 4.98. The number of carbonyl (C=O) groups excluding carboxylic acids is 1. The predicted molar refractivity (Wildman–Crippen MR) is 102 cm³/mol. The third kappa shape index (κ3) is 3.77. The summed E-state index contributed by atoms with van der Waals surface area (Å²) in [4.78, 5) is 18.8. The molecule has 2 atom stereocenters. The summed E-state index contributed by atoms with van der Waals surface area (Å²) >= 11 is 1.52. The molecule has 2 aromatic heterocycles. The molecule has 1 aliphatic carbocycles. The topological polar surface area (TPSA) is 63.9 Å². The van der Waals surface area contributed by atoms with E-state index in [1.807, 2.05) is 17.0 Å². The first-order valence-electron chi connectivity index (χ1n) is 9.37. The summed E-state index contributed by atoms with van der Waals surface area (Å²) in [7, 11) is 0. The second-order valence-corrected chi connectivity index (χ2v) is 8.62. The van der Waals surface area contributed by atoms with Gasteiger partial charge in [-0.3, -0.25) is 14.3 Å². The lowest BCUT2D eigenvalue weighted by Crippen LogP contribution is -2.43. The molecule has 1 amide bonds. The average Bonchev–Trinajstić information content (AvgIpc) is 3.38. The molecule has 3 heterocycles. The lowest BCUT2D eigenvalue weighted by atomic mass is 9.92. The van der Waals surface area contributed by atoms with Gasteiger partial charge in [0.15, 0.2) is 11.0 Å². The van der Waals surface area contributed by atoms with E-state index in [1.165, 1.54) is 18.2 Å². The van der Waals surface area contributed by atoms with Crippen LogP contribution < -0.4 is 0 Å². The van der Waals surface area contributed by atoms with E-state index in [1.54, 1.807) is 12.4 Å². The molecule has 2 aromatic rings. The van der Waals surface area contributed by atoms with Crippen LogP contribution in [0.5, 0.6) is 0 Å². The van der Waals surface area contributed by atoms with Crippen molar-refractivity contribution in [2.45, 2.75) is 44.3 Å². The first-order valence-corrected chi connectivity index (χ1v) is 10.4. The molecular weight excluding hydrogens is 346 g/mol. The zero-order valence-electron chi connectivity index (χ0n) is 15.3.